The van der Waals surface area contributed by atoms with Crippen LogP contribution in [0.15, 0.2) is 0 Å². The van der Waals surface area contributed by atoms with E-state index in [9.17, 15) is 5.11 Å². The Morgan fingerprint density at radius 2 is 1.25 bits per heavy atom. The Hall–Kier alpha value is -0.0800. The van der Waals surface area contributed by atoms with Gasteiger partial charge in [0.1, 0.15) is 0 Å². The molecule has 0 radical (unpaired) electrons. The Balaban J connectivity index is 2.98. The highest BCUT2D eigenvalue weighted by molar-refractivity contribution is 4.55. The van der Waals surface area contributed by atoms with E-state index in [-0.39, 0.29) is 6.10 Å². The van der Waals surface area contributed by atoms with E-state index in [4.69, 9.17) is 5.11 Å². The van der Waals surface area contributed by atoms with E-state index in [1.54, 1.807) is 0 Å². The van der Waals surface area contributed by atoms with Crippen molar-refractivity contribution >= 4 is 0 Å². The van der Waals surface area contributed by atoms with Gasteiger partial charge >= 0.3 is 0 Å². The van der Waals surface area contributed by atoms with E-state index in [1.807, 2.05) is 0 Å². The summed E-state index contributed by atoms with van der Waals surface area (Å²) in [5.74, 6) is 0. The van der Waals surface area contributed by atoms with Gasteiger partial charge in [0.2, 0.25) is 0 Å². The second-order valence-electron chi connectivity index (χ2n) is 4.78. The number of aliphatic hydroxyl groups excluding tert-OH is 2. The minimum atomic E-state index is -0.0606. The maximum atomic E-state index is 9.53. The van der Waals surface area contributed by atoms with Gasteiger partial charge in [0.15, 0.2) is 0 Å². The molecule has 2 heteroatoms. The van der Waals surface area contributed by atoms with Gasteiger partial charge in [-0.2, -0.15) is 0 Å². The molecule has 2 N–H and O–H groups in total. The smallest absolute Gasteiger partial charge is 0.0540 e. The third-order valence-electron chi connectivity index (χ3n) is 3.07. The van der Waals surface area contributed by atoms with Crippen molar-refractivity contribution in [2.24, 2.45) is 0 Å². The molecule has 0 amide bonds. The first-order valence-corrected chi connectivity index (χ1v) is 7.10. The van der Waals surface area contributed by atoms with Gasteiger partial charge in [-0.1, -0.05) is 58.3 Å². The second-order valence-corrected chi connectivity index (χ2v) is 4.78. The summed E-state index contributed by atoms with van der Waals surface area (Å²) in [6, 6.07) is 0. The lowest BCUT2D eigenvalue weighted by Crippen LogP contribution is -2.04. The highest BCUT2D eigenvalue weighted by Gasteiger charge is 2.01. The van der Waals surface area contributed by atoms with E-state index < -0.39 is 0 Å². The van der Waals surface area contributed by atoms with E-state index in [1.165, 1.54) is 44.9 Å². The highest BCUT2D eigenvalue weighted by atomic mass is 16.3. The van der Waals surface area contributed by atoms with Crippen LogP contribution in [-0.2, 0) is 0 Å². The molecular formula is C14H30O2. The minimum absolute atomic E-state index is 0.0606. The molecular weight excluding hydrogens is 200 g/mol. The summed E-state index contributed by atoms with van der Waals surface area (Å²) in [6.07, 6.45) is 12.7. The van der Waals surface area contributed by atoms with E-state index >= 15 is 0 Å². The maximum absolute atomic E-state index is 9.53. The maximum Gasteiger partial charge on any atom is 0.0540 e. The summed E-state index contributed by atoms with van der Waals surface area (Å²) in [7, 11) is 0. The Morgan fingerprint density at radius 1 is 0.750 bits per heavy atom. The first-order chi connectivity index (χ1) is 7.81. The largest absolute Gasteiger partial charge is 0.396 e. The van der Waals surface area contributed by atoms with E-state index in [2.05, 4.69) is 6.92 Å². The molecule has 0 aromatic heterocycles. The van der Waals surface area contributed by atoms with Crippen LogP contribution in [0.3, 0.4) is 0 Å². The number of unbranched alkanes of at least 4 members (excludes halogenated alkanes) is 7. The van der Waals surface area contributed by atoms with Gasteiger partial charge in [-0.05, 0) is 19.3 Å². The Morgan fingerprint density at radius 3 is 1.75 bits per heavy atom. The predicted octanol–water partition coefficient (Wildman–Crippen LogP) is 3.65. The lowest BCUT2D eigenvalue weighted by Gasteiger charge is -2.08. The number of hydrogen-bond donors (Lipinski definition) is 2. The zero-order valence-electron chi connectivity index (χ0n) is 11.0. The monoisotopic (exact) mass is 230 g/mol. The third-order valence-corrected chi connectivity index (χ3v) is 3.07. The zero-order valence-corrected chi connectivity index (χ0v) is 11.0. The van der Waals surface area contributed by atoms with Crippen molar-refractivity contribution in [1.29, 1.82) is 0 Å². The molecule has 0 saturated carbocycles. The number of rotatable bonds is 12. The molecule has 0 aliphatic rings. The van der Waals surface area contributed by atoms with Crippen molar-refractivity contribution in [1.82, 2.24) is 0 Å². The van der Waals surface area contributed by atoms with Gasteiger partial charge in [-0.25, -0.2) is 0 Å². The third kappa shape index (κ3) is 12.0. The lowest BCUT2D eigenvalue weighted by molar-refractivity contribution is 0.150. The summed E-state index contributed by atoms with van der Waals surface area (Å²) >= 11 is 0. The van der Waals surface area contributed by atoms with Crippen LogP contribution in [0.1, 0.15) is 77.6 Å². The van der Waals surface area contributed by atoms with Crippen LogP contribution in [0.2, 0.25) is 0 Å². The topological polar surface area (TPSA) is 40.5 Å². The minimum Gasteiger partial charge on any atom is -0.396 e. The van der Waals surface area contributed by atoms with Crippen molar-refractivity contribution in [3.05, 3.63) is 0 Å². The molecule has 2 nitrogen and oxygen atoms in total. The summed E-state index contributed by atoms with van der Waals surface area (Å²) < 4.78 is 0. The van der Waals surface area contributed by atoms with Crippen LogP contribution in [0, 0.1) is 0 Å². The highest BCUT2D eigenvalue weighted by Crippen LogP contribution is 2.12. The molecule has 16 heavy (non-hydrogen) atoms. The van der Waals surface area contributed by atoms with E-state index in [0.29, 0.717) is 6.61 Å². The van der Waals surface area contributed by atoms with Crippen molar-refractivity contribution in [3.63, 3.8) is 0 Å². The van der Waals surface area contributed by atoms with Gasteiger partial charge < -0.3 is 10.2 Å². The second kappa shape index (κ2) is 13.0. The van der Waals surface area contributed by atoms with Crippen LogP contribution in [0.4, 0.5) is 0 Å². The fraction of sp³-hybridized carbons (Fsp3) is 1.00. The van der Waals surface area contributed by atoms with Crippen molar-refractivity contribution in [2.45, 2.75) is 83.7 Å². The predicted molar refractivity (Wildman–Crippen MR) is 69.6 cm³/mol. The lowest BCUT2D eigenvalue weighted by atomic mass is 10.0. The number of hydrogen-bond acceptors (Lipinski definition) is 2. The van der Waals surface area contributed by atoms with Crippen LogP contribution in [-0.4, -0.2) is 22.9 Å². The molecule has 1 atom stereocenters. The summed E-state index contributed by atoms with van der Waals surface area (Å²) in [5.41, 5.74) is 0. The van der Waals surface area contributed by atoms with Crippen molar-refractivity contribution < 1.29 is 10.2 Å². The van der Waals surface area contributed by atoms with Gasteiger partial charge in [-0.3, -0.25) is 0 Å². The summed E-state index contributed by atoms with van der Waals surface area (Å²) in [5, 5.41) is 18.1. The molecule has 0 unspecified atom stereocenters. The molecule has 0 aliphatic heterocycles. The molecule has 0 fully saturated rings. The molecule has 0 rings (SSSR count). The quantitative estimate of drug-likeness (QED) is 0.502. The standard InChI is InChI=1S/C14H30O2/c1-2-11-14(16)12-9-7-5-3-4-6-8-10-13-15/h14-16H,2-13H2,1H3/t14-/m0/s1. The molecule has 0 saturated heterocycles. The Kier molecular flexibility index (Phi) is 12.9. The van der Waals surface area contributed by atoms with Crippen molar-refractivity contribution in [2.75, 3.05) is 6.61 Å². The van der Waals surface area contributed by atoms with Gasteiger partial charge in [0.05, 0.1) is 6.10 Å². The van der Waals surface area contributed by atoms with Crippen LogP contribution in [0.25, 0.3) is 0 Å². The van der Waals surface area contributed by atoms with Gasteiger partial charge in [-0.15, -0.1) is 0 Å². The Labute approximate surface area is 101 Å². The van der Waals surface area contributed by atoms with Gasteiger partial charge in [0, 0.05) is 6.61 Å². The van der Waals surface area contributed by atoms with Crippen molar-refractivity contribution in [3.8, 4) is 0 Å². The summed E-state index contributed by atoms with van der Waals surface area (Å²) in [4.78, 5) is 0. The average Bonchev–Trinajstić information content (AvgIpc) is 2.27. The molecule has 98 valence electrons. The molecule has 0 heterocycles. The molecule has 0 aromatic rings. The molecule has 0 aromatic carbocycles. The normalized spacial score (nSPS) is 12.9. The molecule has 0 bridgehead atoms. The first-order valence-electron chi connectivity index (χ1n) is 7.10. The first kappa shape index (κ1) is 15.9. The fourth-order valence-corrected chi connectivity index (χ4v) is 2.03. The van der Waals surface area contributed by atoms with Crippen LogP contribution >= 0.6 is 0 Å². The van der Waals surface area contributed by atoms with Gasteiger partial charge in [0.25, 0.3) is 0 Å². The SMILES string of the molecule is CCC[C@H](O)CCCCCCCCCCO. The Bertz CT molecular complexity index is 126. The van der Waals surface area contributed by atoms with Crippen LogP contribution in [0.5, 0.6) is 0 Å². The van der Waals surface area contributed by atoms with E-state index in [0.717, 1.165) is 25.7 Å². The average molecular weight is 230 g/mol. The fourth-order valence-electron chi connectivity index (χ4n) is 2.03. The van der Waals surface area contributed by atoms with Crippen LogP contribution < -0.4 is 0 Å². The number of aliphatic hydroxyl groups is 2. The zero-order chi connectivity index (χ0) is 12.1. The molecule has 0 spiro atoms. The molecule has 0 aliphatic carbocycles. The summed E-state index contributed by atoms with van der Waals surface area (Å²) in [6.45, 7) is 2.46.